The van der Waals surface area contributed by atoms with Crippen LogP contribution in [-0.2, 0) is 9.73 Å². The van der Waals surface area contributed by atoms with Crippen molar-refractivity contribution >= 4 is 20.6 Å². The van der Waals surface area contributed by atoms with Crippen LogP contribution in [0.4, 0.5) is 0 Å². The van der Waals surface area contributed by atoms with Gasteiger partial charge < -0.3 is 9.47 Å². The summed E-state index contributed by atoms with van der Waals surface area (Å²) in [5, 5.41) is 0.896. The maximum Gasteiger partial charge on any atom is 0.138 e. The van der Waals surface area contributed by atoms with E-state index in [1.807, 2.05) is 18.2 Å². The average molecular weight is 354 g/mol. The number of nitrogens with zero attached hydrogens (tertiary/aromatic N) is 1. The Morgan fingerprint density at radius 2 is 1.80 bits per heavy atom. The molecule has 0 amide bonds. The van der Waals surface area contributed by atoms with Crippen LogP contribution in [0.1, 0.15) is 12.8 Å². The number of aromatic nitrogens is 1. The normalized spacial score (nSPS) is 16.4. The van der Waals surface area contributed by atoms with Gasteiger partial charge in [-0.2, -0.15) is 0 Å². The van der Waals surface area contributed by atoms with Gasteiger partial charge in [0.05, 0.1) is 22.4 Å². The highest BCUT2D eigenvalue weighted by molar-refractivity contribution is 7.93. The van der Waals surface area contributed by atoms with Gasteiger partial charge in [0.25, 0.3) is 0 Å². The fraction of sp³-hybridized carbons (Fsp3) is 0.211. The second kappa shape index (κ2) is 6.04. The molecule has 0 aliphatic heterocycles. The number of ether oxygens (including phenoxy) is 2. The van der Waals surface area contributed by atoms with Crippen molar-refractivity contribution in [1.82, 2.24) is 4.98 Å². The minimum atomic E-state index is -2.68. The van der Waals surface area contributed by atoms with Gasteiger partial charge in [-0.25, -0.2) is 8.99 Å². The lowest BCUT2D eigenvalue weighted by Crippen LogP contribution is -2.04. The summed E-state index contributed by atoms with van der Waals surface area (Å²) in [4.78, 5) is 4.92. The smallest absolute Gasteiger partial charge is 0.138 e. The lowest BCUT2D eigenvalue weighted by molar-refractivity contribution is 0.415. The molecule has 0 radical (unpaired) electrons. The van der Waals surface area contributed by atoms with Crippen molar-refractivity contribution in [2.45, 2.75) is 23.0 Å². The molecule has 2 aromatic carbocycles. The van der Waals surface area contributed by atoms with Crippen LogP contribution in [0.2, 0.25) is 0 Å². The molecule has 1 aromatic heterocycles. The van der Waals surface area contributed by atoms with Crippen molar-refractivity contribution in [2.75, 3.05) is 7.11 Å². The van der Waals surface area contributed by atoms with Crippen LogP contribution in [0.15, 0.2) is 59.6 Å². The first-order chi connectivity index (χ1) is 12.1. The van der Waals surface area contributed by atoms with Gasteiger partial charge in [0.15, 0.2) is 0 Å². The summed E-state index contributed by atoms with van der Waals surface area (Å²) in [6.45, 7) is 0. The van der Waals surface area contributed by atoms with Gasteiger partial charge in [-0.15, -0.1) is 0 Å². The van der Waals surface area contributed by atoms with Crippen molar-refractivity contribution < 1.29 is 13.7 Å². The van der Waals surface area contributed by atoms with Crippen molar-refractivity contribution in [3.8, 4) is 17.2 Å². The molecule has 1 heterocycles. The Balaban J connectivity index is 1.63. The number of hydrogen-bond donors (Lipinski definition) is 1. The molecule has 1 saturated carbocycles. The van der Waals surface area contributed by atoms with Crippen molar-refractivity contribution in [3.63, 3.8) is 0 Å². The molecule has 1 aliphatic rings. The molecule has 1 unspecified atom stereocenters. The summed E-state index contributed by atoms with van der Waals surface area (Å²) in [6.07, 6.45) is 3.45. The maximum absolute atomic E-state index is 12.5. The Morgan fingerprint density at radius 3 is 2.48 bits per heavy atom. The predicted molar refractivity (Wildman–Crippen MR) is 97.0 cm³/mol. The summed E-state index contributed by atoms with van der Waals surface area (Å²) in [6, 6.07) is 14.4. The average Bonchev–Trinajstić information content (AvgIpc) is 3.48. The molecule has 1 atom stereocenters. The first kappa shape index (κ1) is 15.9. The maximum atomic E-state index is 12.5. The van der Waals surface area contributed by atoms with Gasteiger partial charge in [-0.3, -0.25) is 4.98 Å². The lowest BCUT2D eigenvalue weighted by atomic mass is 10.2. The molecule has 0 bridgehead atoms. The minimum Gasteiger partial charge on any atom is -0.497 e. The van der Waals surface area contributed by atoms with Crippen LogP contribution < -0.4 is 9.47 Å². The summed E-state index contributed by atoms with van der Waals surface area (Å²) in [7, 11) is -1.06. The van der Waals surface area contributed by atoms with E-state index in [0.717, 1.165) is 29.5 Å². The SMILES string of the molecule is COc1ccc2c(Oc3ccc(S(=N)(=O)C4CC4)cc3)ccnc2c1. The Bertz CT molecular complexity index is 1030. The number of fused-ring (bicyclic) bond motifs is 1. The highest BCUT2D eigenvalue weighted by Gasteiger charge is 2.33. The summed E-state index contributed by atoms with van der Waals surface area (Å²) in [5.74, 6) is 2.07. The molecule has 0 spiro atoms. The van der Waals surface area contributed by atoms with E-state index in [1.165, 1.54) is 0 Å². The molecule has 6 heteroatoms. The minimum absolute atomic E-state index is 0.0124. The highest BCUT2D eigenvalue weighted by atomic mass is 32.2. The number of benzene rings is 2. The molecule has 1 aliphatic carbocycles. The first-order valence-corrected chi connectivity index (χ1v) is 9.68. The molecular formula is C19H18N2O3S. The molecular weight excluding hydrogens is 336 g/mol. The number of hydrogen-bond acceptors (Lipinski definition) is 5. The van der Waals surface area contributed by atoms with Crippen molar-refractivity contribution in [3.05, 3.63) is 54.7 Å². The van der Waals surface area contributed by atoms with E-state index in [2.05, 4.69) is 4.98 Å². The molecule has 0 saturated heterocycles. The number of methoxy groups -OCH3 is 1. The first-order valence-electron chi connectivity index (χ1n) is 8.06. The molecule has 4 rings (SSSR count). The molecule has 1 fully saturated rings. The van der Waals surface area contributed by atoms with Crippen LogP contribution in [0.5, 0.6) is 17.2 Å². The Labute approximate surface area is 146 Å². The number of rotatable bonds is 5. The van der Waals surface area contributed by atoms with Crippen LogP contribution in [0.3, 0.4) is 0 Å². The zero-order valence-corrected chi connectivity index (χ0v) is 14.6. The van der Waals surface area contributed by atoms with Crippen molar-refractivity contribution in [1.29, 1.82) is 4.78 Å². The summed E-state index contributed by atoms with van der Waals surface area (Å²) >= 11 is 0. The topological polar surface area (TPSA) is 72.3 Å². The van der Waals surface area contributed by atoms with E-state index in [9.17, 15) is 4.21 Å². The van der Waals surface area contributed by atoms with E-state index in [0.29, 0.717) is 16.4 Å². The van der Waals surface area contributed by atoms with Gasteiger partial charge in [0, 0.05) is 27.8 Å². The summed E-state index contributed by atoms with van der Waals surface area (Å²) in [5.41, 5.74) is 0.788. The van der Waals surface area contributed by atoms with Crippen LogP contribution in [0.25, 0.3) is 10.9 Å². The highest BCUT2D eigenvalue weighted by Crippen LogP contribution is 2.35. The van der Waals surface area contributed by atoms with E-state index in [1.54, 1.807) is 43.6 Å². The predicted octanol–water partition coefficient (Wildman–Crippen LogP) is 4.60. The monoisotopic (exact) mass is 354 g/mol. The third-order valence-electron chi connectivity index (χ3n) is 4.31. The van der Waals surface area contributed by atoms with Gasteiger partial charge in [0.1, 0.15) is 17.2 Å². The molecule has 25 heavy (non-hydrogen) atoms. The van der Waals surface area contributed by atoms with E-state index < -0.39 is 9.73 Å². The quantitative estimate of drug-likeness (QED) is 0.726. The van der Waals surface area contributed by atoms with Crippen LogP contribution >= 0.6 is 0 Å². The van der Waals surface area contributed by atoms with Crippen LogP contribution in [0, 0.1) is 4.78 Å². The Kier molecular flexibility index (Phi) is 3.84. The second-order valence-corrected chi connectivity index (χ2v) is 8.41. The van der Waals surface area contributed by atoms with Crippen LogP contribution in [-0.4, -0.2) is 21.6 Å². The molecule has 5 nitrogen and oxygen atoms in total. The standard InChI is InChI=1S/C19H18N2O3S/c1-23-14-4-9-17-18(12-14)21-11-10-19(17)24-13-2-5-15(6-3-13)25(20,22)16-7-8-16/h2-6,9-12,16,20H,7-8H2,1H3. The second-order valence-electron chi connectivity index (χ2n) is 6.07. The third-order valence-corrected chi connectivity index (χ3v) is 6.69. The van der Waals surface area contributed by atoms with E-state index in [-0.39, 0.29) is 5.25 Å². The number of pyridine rings is 1. The van der Waals surface area contributed by atoms with E-state index >= 15 is 0 Å². The van der Waals surface area contributed by atoms with Gasteiger partial charge >= 0.3 is 0 Å². The Morgan fingerprint density at radius 1 is 1.08 bits per heavy atom. The van der Waals surface area contributed by atoms with Gasteiger partial charge in [0.2, 0.25) is 0 Å². The molecule has 1 N–H and O–H groups in total. The lowest BCUT2D eigenvalue weighted by Gasteiger charge is -2.11. The zero-order chi connectivity index (χ0) is 17.4. The largest absolute Gasteiger partial charge is 0.497 e. The molecule has 3 aromatic rings. The Hall–Kier alpha value is -2.60. The van der Waals surface area contributed by atoms with Gasteiger partial charge in [-0.05, 0) is 55.3 Å². The molecule has 128 valence electrons. The van der Waals surface area contributed by atoms with Crippen molar-refractivity contribution in [2.24, 2.45) is 0 Å². The summed E-state index contributed by atoms with van der Waals surface area (Å²) < 4.78 is 31.7. The zero-order valence-electron chi connectivity index (χ0n) is 13.8. The third kappa shape index (κ3) is 3.05. The fourth-order valence-corrected chi connectivity index (χ4v) is 4.47. The fourth-order valence-electron chi connectivity index (χ4n) is 2.75. The van der Waals surface area contributed by atoms with Gasteiger partial charge in [-0.1, -0.05) is 0 Å². The van der Waals surface area contributed by atoms with E-state index in [4.69, 9.17) is 14.3 Å². The number of nitrogens with one attached hydrogen (secondary N) is 1.